The third-order valence-corrected chi connectivity index (χ3v) is 4.43. The molecule has 104 valence electrons. The Morgan fingerprint density at radius 3 is 3.05 bits per heavy atom. The number of nitrogens with zero attached hydrogens (tertiary/aromatic N) is 1. The van der Waals surface area contributed by atoms with E-state index in [1.165, 1.54) is 29.2 Å². The Hall–Kier alpha value is -1.86. The maximum absolute atomic E-state index is 11.3. The van der Waals surface area contributed by atoms with E-state index in [-0.39, 0.29) is 5.56 Å². The maximum atomic E-state index is 11.3. The number of aliphatic carboxylic acids is 1. The summed E-state index contributed by atoms with van der Waals surface area (Å²) in [6.07, 6.45) is 2.68. The summed E-state index contributed by atoms with van der Waals surface area (Å²) >= 11 is 2.95. The number of aromatic amines is 1. The Labute approximate surface area is 123 Å². The predicted molar refractivity (Wildman–Crippen MR) is 80.1 cm³/mol. The van der Waals surface area contributed by atoms with Crippen molar-refractivity contribution in [2.24, 2.45) is 0 Å². The Morgan fingerprint density at radius 1 is 1.55 bits per heavy atom. The summed E-state index contributed by atoms with van der Waals surface area (Å²) in [4.78, 5) is 30.6. The van der Waals surface area contributed by atoms with Gasteiger partial charge in [0, 0.05) is 33.3 Å². The van der Waals surface area contributed by atoms with E-state index < -0.39 is 5.97 Å². The molecule has 0 fully saturated rings. The van der Waals surface area contributed by atoms with Crippen molar-refractivity contribution in [3.05, 3.63) is 50.1 Å². The molecule has 0 saturated carbocycles. The van der Waals surface area contributed by atoms with Gasteiger partial charge in [0.2, 0.25) is 0 Å². The lowest BCUT2D eigenvalue weighted by Gasteiger charge is -1.99. The van der Waals surface area contributed by atoms with Crippen molar-refractivity contribution in [3.63, 3.8) is 0 Å². The average molecular weight is 308 g/mol. The van der Waals surface area contributed by atoms with Gasteiger partial charge in [0.05, 0.1) is 0 Å². The van der Waals surface area contributed by atoms with Crippen molar-refractivity contribution in [2.45, 2.75) is 17.8 Å². The van der Waals surface area contributed by atoms with Gasteiger partial charge >= 0.3 is 5.97 Å². The molecule has 0 spiro atoms. The fraction of sp³-hybridized carbons (Fsp3) is 0.154. The molecule has 0 atom stereocenters. The number of rotatable bonds is 5. The first kappa shape index (κ1) is 14.5. The number of carbonyl (C=O) groups is 1. The largest absolute Gasteiger partial charge is 0.478 e. The third-order valence-electron chi connectivity index (χ3n) is 2.27. The van der Waals surface area contributed by atoms with Gasteiger partial charge < -0.3 is 10.1 Å². The summed E-state index contributed by atoms with van der Waals surface area (Å²) in [7, 11) is 0. The van der Waals surface area contributed by atoms with Gasteiger partial charge in [-0.15, -0.1) is 11.3 Å². The van der Waals surface area contributed by atoms with Crippen LogP contribution in [0.5, 0.6) is 0 Å². The highest BCUT2D eigenvalue weighted by Crippen LogP contribution is 2.25. The minimum absolute atomic E-state index is 0.156. The molecule has 20 heavy (non-hydrogen) atoms. The van der Waals surface area contributed by atoms with Gasteiger partial charge in [-0.1, -0.05) is 11.8 Å². The molecule has 0 aliphatic carbocycles. The van der Waals surface area contributed by atoms with Gasteiger partial charge in [-0.3, -0.25) is 4.79 Å². The highest BCUT2D eigenvalue weighted by Gasteiger charge is 2.03. The molecule has 0 amide bonds. The normalized spacial score (nSPS) is 11.1. The van der Waals surface area contributed by atoms with Crippen LogP contribution in [0.2, 0.25) is 0 Å². The monoisotopic (exact) mass is 308 g/mol. The zero-order valence-electron chi connectivity index (χ0n) is 10.6. The lowest BCUT2D eigenvalue weighted by molar-refractivity contribution is -0.131. The molecule has 0 aliphatic heterocycles. The van der Waals surface area contributed by atoms with Crippen LogP contribution in [0.25, 0.3) is 6.08 Å². The van der Waals surface area contributed by atoms with Crippen molar-refractivity contribution in [2.75, 3.05) is 0 Å². The van der Waals surface area contributed by atoms with E-state index in [0.717, 1.165) is 15.8 Å². The van der Waals surface area contributed by atoms with Crippen molar-refractivity contribution in [3.8, 4) is 0 Å². The van der Waals surface area contributed by atoms with E-state index in [2.05, 4.69) is 9.97 Å². The highest BCUT2D eigenvalue weighted by molar-refractivity contribution is 7.98. The number of aromatic nitrogens is 2. The van der Waals surface area contributed by atoms with Gasteiger partial charge in [-0.25, -0.2) is 9.78 Å². The molecule has 2 heterocycles. The number of H-pyrrole nitrogens is 1. The van der Waals surface area contributed by atoms with E-state index in [4.69, 9.17) is 5.11 Å². The van der Waals surface area contributed by atoms with Crippen LogP contribution < -0.4 is 5.56 Å². The van der Waals surface area contributed by atoms with E-state index in [0.29, 0.717) is 16.6 Å². The third kappa shape index (κ3) is 4.36. The number of carboxylic acids is 1. The summed E-state index contributed by atoms with van der Waals surface area (Å²) in [6, 6.07) is 5.25. The Kier molecular flexibility index (Phi) is 4.75. The SMILES string of the molecule is Cc1cc(=O)[nH]c(SCc2ccc(C=CC(=O)O)s2)n1. The van der Waals surface area contributed by atoms with Crippen LogP contribution in [0.3, 0.4) is 0 Å². The van der Waals surface area contributed by atoms with Crippen LogP contribution in [-0.4, -0.2) is 21.0 Å². The molecule has 0 unspecified atom stereocenters. The highest BCUT2D eigenvalue weighted by atomic mass is 32.2. The molecule has 2 rings (SSSR count). The standard InChI is InChI=1S/C13H12N2O3S2/c1-8-6-11(16)15-13(14-8)19-7-10-3-2-9(20-10)4-5-12(17)18/h2-6H,7H2,1H3,(H,17,18)(H,14,15,16). The fourth-order valence-electron chi connectivity index (χ4n) is 1.47. The van der Waals surface area contributed by atoms with Gasteiger partial charge in [0.15, 0.2) is 5.16 Å². The zero-order chi connectivity index (χ0) is 14.5. The molecule has 0 bridgehead atoms. The second kappa shape index (κ2) is 6.53. The lowest BCUT2D eigenvalue weighted by atomic mass is 10.4. The fourth-order valence-corrected chi connectivity index (χ4v) is 3.35. The van der Waals surface area contributed by atoms with E-state index in [1.807, 2.05) is 12.1 Å². The number of hydrogen-bond donors (Lipinski definition) is 2. The summed E-state index contributed by atoms with van der Waals surface area (Å²) < 4.78 is 0. The predicted octanol–water partition coefficient (Wildman–Crippen LogP) is 2.53. The number of thioether (sulfide) groups is 1. The Bertz CT molecular complexity index is 704. The molecule has 2 N–H and O–H groups in total. The van der Waals surface area contributed by atoms with Crippen LogP contribution in [0.15, 0.2) is 34.2 Å². The number of nitrogens with one attached hydrogen (secondary N) is 1. The van der Waals surface area contributed by atoms with Crippen LogP contribution in [0.4, 0.5) is 0 Å². The van der Waals surface area contributed by atoms with E-state index in [9.17, 15) is 9.59 Å². The van der Waals surface area contributed by atoms with Gasteiger partial charge in [-0.2, -0.15) is 0 Å². The lowest BCUT2D eigenvalue weighted by Crippen LogP contribution is -2.07. The first-order valence-electron chi connectivity index (χ1n) is 5.73. The van der Waals surface area contributed by atoms with Crippen LogP contribution >= 0.6 is 23.1 Å². The molecule has 0 aromatic carbocycles. The van der Waals surface area contributed by atoms with Crippen LogP contribution in [0.1, 0.15) is 15.4 Å². The number of hydrogen-bond acceptors (Lipinski definition) is 5. The first-order chi connectivity index (χ1) is 9.52. The Morgan fingerprint density at radius 2 is 2.35 bits per heavy atom. The molecule has 0 saturated heterocycles. The molecule has 0 aliphatic rings. The van der Waals surface area contributed by atoms with Crippen molar-refractivity contribution >= 4 is 35.1 Å². The Balaban J connectivity index is 2.00. The van der Waals surface area contributed by atoms with Crippen LogP contribution in [-0.2, 0) is 10.5 Å². The minimum Gasteiger partial charge on any atom is -0.478 e. The molecule has 2 aromatic rings. The number of aryl methyl sites for hydroxylation is 1. The molecular formula is C13H12N2O3S2. The molecule has 7 heteroatoms. The molecule has 0 radical (unpaired) electrons. The zero-order valence-corrected chi connectivity index (χ0v) is 12.3. The van der Waals surface area contributed by atoms with Crippen molar-refractivity contribution < 1.29 is 9.90 Å². The van der Waals surface area contributed by atoms with E-state index in [1.54, 1.807) is 13.0 Å². The van der Waals surface area contributed by atoms with Gasteiger partial charge in [0.25, 0.3) is 5.56 Å². The van der Waals surface area contributed by atoms with Gasteiger partial charge in [-0.05, 0) is 25.1 Å². The van der Waals surface area contributed by atoms with Crippen molar-refractivity contribution in [1.82, 2.24) is 9.97 Å². The summed E-state index contributed by atoms with van der Waals surface area (Å²) in [5.74, 6) is -0.284. The van der Waals surface area contributed by atoms with Gasteiger partial charge in [0.1, 0.15) is 0 Å². The smallest absolute Gasteiger partial charge is 0.328 e. The minimum atomic E-state index is -0.962. The van der Waals surface area contributed by atoms with Crippen molar-refractivity contribution in [1.29, 1.82) is 0 Å². The first-order valence-corrected chi connectivity index (χ1v) is 7.53. The topological polar surface area (TPSA) is 83.0 Å². The van der Waals surface area contributed by atoms with E-state index >= 15 is 0 Å². The molecule has 5 nitrogen and oxygen atoms in total. The molecular weight excluding hydrogens is 296 g/mol. The molecule has 2 aromatic heterocycles. The summed E-state index contributed by atoms with van der Waals surface area (Å²) in [6.45, 7) is 1.78. The maximum Gasteiger partial charge on any atom is 0.328 e. The number of carboxylic acid groups (broad SMARTS) is 1. The quantitative estimate of drug-likeness (QED) is 0.504. The summed E-state index contributed by atoms with van der Waals surface area (Å²) in [5.41, 5.74) is 0.531. The average Bonchev–Trinajstić information content (AvgIpc) is 2.81. The summed E-state index contributed by atoms with van der Waals surface area (Å²) in [5, 5.41) is 9.15. The van der Waals surface area contributed by atoms with Crippen LogP contribution in [0, 0.1) is 6.92 Å². The second-order valence-electron chi connectivity index (χ2n) is 3.96. The number of thiophene rings is 1. The second-order valence-corrected chi connectivity index (χ2v) is 6.12.